The van der Waals surface area contributed by atoms with Crippen molar-refractivity contribution < 1.29 is 19.6 Å². The summed E-state index contributed by atoms with van der Waals surface area (Å²) in [4.78, 5) is 19.0. The van der Waals surface area contributed by atoms with Gasteiger partial charge < -0.3 is 0 Å². The van der Waals surface area contributed by atoms with Crippen LogP contribution >= 0.6 is 11.6 Å². The molecule has 0 bridgehead atoms. The van der Waals surface area contributed by atoms with E-state index in [-0.39, 0.29) is 5.88 Å². The van der Waals surface area contributed by atoms with Crippen LogP contribution in [0.1, 0.15) is 20.8 Å². The lowest BCUT2D eigenvalue weighted by Gasteiger charge is -2.14. The summed E-state index contributed by atoms with van der Waals surface area (Å²) in [5.74, 6) is -0.941. The average molecular weight is 183 g/mol. The minimum Gasteiger partial charge on any atom is -0.267 e. The Hall–Kier alpha value is -0.320. The number of rotatable bonds is 3. The summed E-state index contributed by atoms with van der Waals surface area (Å²) in [5.41, 5.74) is -0.507. The lowest BCUT2D eigenvalue weighted by atomic mass is 10.2. The van der Waals surface area contributed by atoms with E-state index >= 15 is 0 Å². The van der Waals surface area contributed by atoms with Gasteiger partial charge in [-0.25, -0.2) is 4.79 Å². The maximum Gasteiger partial charge on any atom is 0.360 e. The second-order valence-corrected chi connectivity index (χ2v) is 3.12. The van der Waals surface area contributed by atoms with Crippen LogP contribution in [0.3, 0.4) is 0 Å². The van der Waals surface area contributed by atoms with Crippen LogP contribution in [0.5, 0.6) is 0 Å². The minimum absolute atomic E-state index is 0.256. The topological polar surface area (TPSA) is 44.8 Å². The summed E-state index contributed by atoms with van der Waals surface area (Å²) < 4.78 is 0. The molecule has 0 aliphatic heterocycles. The number of carbonyl (C=O) groups is 1. The van der Waals surface area contributed by atoms with E-state index in [9.17, 15) is 4.79 Å². The van der Waals surface area contributed by atoms with Crippen molar-refractivity contribution in [1.29, 1.82) is 0 Å². The van der Waals surface area contributed by atoms with Crippen molar-refractivity contribution in [3.8, 4) is 0 Å². The molecular weight excluding hydrogens is 172 g/mol. The van der Waals surface area contributed by atoms with Gasteiger partial charge in [0.05, 0.1) is 5.60 Å². The average Bonchev–Trinajstić information content (AvgIpc) is 1.85. The molecule has 11 heavy (non-hydrogen) atoms. The highest BCUT2D eigenvalue weighted by atomic mass is 35.5. The van der Waals surface area contributed by atoms with Crippen molar-refractivity contribution in [1.82, 2.24) is 0 Å². The third-order valence-corrected chi connectivity index (χ3v) is 0.738. The number of carbonyl (C=O) groups excluding carboxylic acids is 1. The zero-order valence-electron chi connectivity index (χ0n) is 6.72. The fraction of sp³-hybridized carbons (Fsp3) is 0.833. The SMILES string of the molecule is CC(C)(C)OOOC(=O)CCl. The number of halogens is 1. The van der Waals surface area contributed by atoms with Gasteiger partial charge in [0, 0.05) is 0 Å². The van der Waals surface area contributed by atoms with Crippen molar-refractivity contribution in [2.45, 2.75) is 26.4 Å². The molecule has 0 saturated carbocycles. The Morgan fingerprint density at radius 1 is 1.45 bits per heavy atom. The van der Waals surface area contributed by atoms with Crippen LogP contribution in [0.15, 0.2) is 0 Å². The standard InChI is InChI=1S/C6H11ClO4/c1-6(2,3)10-11-9-5(8)4-7/h4H2,1-3H3. The first kappa shape index (κ1) is 10.7. The largest absolute Gasteiger partial charge is 0.360 e. The van der Waals surface area contributed by atoms with Crippen molar-refractivity contribution in [2.75, 3.05) is 5.88 Å². The predicted octanol–water partition coefficient (Wildman–Crippen LogP) is 1.43. The van der Waals surface area contributed by atoms with Gasteiger partial charge in [-0.3, -0.25) is 4.89 Å². The molecule has 0 aromatic carbocycles. The second-order valence-electron chi connectivity index (χ2n) is 2.85. The molecule has 0 aliphatic carbocycles. The van der Waals surface area contributed by atoms with Gasteiger partial charge in [-0.2, -0.15) is 4.89 Å². The highest BCUT2D eigenvalue weighted by molar-refractivity contribution is 6.26. The minimum atomic E-state index is -0.684. The Morgan fingerprint density at radius 2 is 2.00 bits per heavy atom. The van der Waals surface area contributed by atoms with E-state index in [1.165, 1.54) is 0 Å². The van der Waals surface area contributed by atoms with Gasteiger partial charge in [0.25, 0.3) is 0 Å². The molecule has 0 N–H and O–H groups in total. The fourth-order valence-corrected chi connectivity index (χ4v) is 0.224. The van der Waals surface area contributed by atoms with Gasteiger partial charge in [0.1, 0.15) is 5.88 Å². The molecule has 0 aliphatic rings. The lowest BCUT2D eigenvalue weighted by Crippen LogP contribution is -2.21. The van der Waals surface area contributed by atoms with Crippen LogP contribution in [0.2, 0.25) is 0 Å². The molecule has 0 aromatic heterocycles. The van der Waals surface area contributed by atoms with Gasteiger partial charge in [-0.05, 0) is 25.8 Å². The van der Waals surface area contributed by atoms with Crippen molar-refractivity contribution >= 4 is 17.6 Å². The Balaban J connectivity index is 3.35. The first-order chi connectivity index (χ1) is 4.95. The van der Waals surface area contributed by atoms with Gasteiger partial charge in [-0.15, -0.1) is 11.6 Å². The summed E-state index contributed by atoms with van der Waals surface area (Å²) in [7, 11) is 0. The zero-order valence-corrected chi connectivity index (χ0v) is 7.47. The first-order valence-corrected chi connectivity index (χ1v) is 3.60. The summed E-state index contributed by atoms with van der Waals surface area (Å²) >= 11 is 5.09. The molecule has 66 valence electrons. The maximum absolute atomic E-state index is 10.3. The predicted molar refractivity (Wildman–Crippen MR) is 38.7 cm³/mol. The molecule has 4 nitrogen and oxygen atoms in total. The molecule has 0 unspecified atom stereocenters. The van der Waals surface area contributed by atoms with E-state index in [0.29, 0.717) is 0 Å². The molecule has 0 heterocycles. The van der Waals surface area contributed by atoms with Gasteiger partial charge in [0.15, 0.2) is 0 Å². The van der Waals surface area contributed by atoms with E-state index < -0.39 is 11.6 Å². The van der Waals surface area contributed by atoms with Crippen molar-refractivity contribution in [3.63, 3.8) is 0 Å². The van der Waals surface area contributed by atoms with E-state index in [0.717, 1.165) is 0 Å². The summed E-state index contributed by atoms with van der Waals surface area (Å²) in [6.45, 7) is 5.25. The van der Waals surface area contributed by atoms with Gasteiger partial charge in [0.2, 0.25) is 0 Å². The summed E-state index contributed by atoms with van der Waals surface area (Å²) in [6.07, 6.45) is 0. The number of alkyl halides is 1. The van der Waals surface area contributed by atoms with E-state index in [1.54, 1.807) is 20.8 Å². The molecule has 0 amide bonds. The lowest BCUT2D eigenvalue weighted by molar-refractivity contribution is -0.513. The monoisotopic (exact) mass is 182 g/mol. The van der Waals surface area contributed by atoms with Crippen LogP contribution in [-0.4, -0.2) is 17.5 Å². The second kappa shape index (κ2) is 4.54. The molecule has 0 fully saturated rings. The van der Waals surface area contributed by atoms with Crippen LogP contribution in [0.25, 0.3) is 0 Å². The third kappa shape index (κ3) is 7.58. The maximum atomic E-state index is 10.3. The Labute approximate surface area is 70.2 Å². The molecule has 0 saturated heterocycles. The van der Waals surface area contributed by atoms with Crippen molar-refractivity contribution in [2.24, 2.45) is 0 Å². The third-order valence-electron chi connectivity index (χ3n) is 0.520. The molecule has 0 aromatic rings. The Morgan fingerprint density at radius 3 is 2.36 bits per heavy atom. The highest BCUT2D eigenvalue weighted by Crippen LogP contribution is 2.06. The first-order valence-electron chi connectivity index (χ1n) is 3.07. The van der Waals surface area contributed by atoms with Gasteiger partial charge >= 0.3 is 5.97 Å². The quantitative estimate of drug-likeness (QED) is 0.376. The van der Waals surface area contributed by atoms with E-state index in [1.807, 2.05) is 0 Å². The number of hydrogen-bond acceptors (Lipinski definition) is 4. The number of hydrogen-bond donors (Lipinski definition) is 0. The molecular formula is C6H11ClO4. The normalized spacial score (nSPS) is 11.3. The van der Waals surface area contributed by atoms with Gasteiger partial charge in [-0.1, -0.05) is 0 Å². The van der Waals surface area contributed by atoms with Crippen LogP contribution in [0, 0.1) is 0 Å². The Bertz CT molecular complexity index is 129. The smallest absolute Gasteiger partial charge is 0.267 e. The molecule has 0 radical (unpaired) electrons. The van der Waals surface area contributed by atoms with Crippen LogP contribution in [0.4, 0.5) is 0 Å². The Kier molecular flexibility index (Phi) is 4.40. The highest BCUT2D eigenvalue weighted by Gasteiger charge is 2.13. The molecule has 0 atom stereocenters. The molecule has 0 spiro atoms. The summed E-state index contributed by atoms with van der Waals surface area (Å²) in [6, 6.07) is 0. The molecule has 5 heteroatoms. The zero-order chi connectivity index (χ0) is 8.91. The van der Waals surface area contributed by atoms with Crippen LogP contribution in [-0.2, 0) is 19.6 Å². The van der Waals surface area contributed by atoms with Crippen molar-refractivity contribution in [3.05, 3.63) is 0 Å². The van der Waals surface area contributed by atoms with Crippen LogP contribution < -0.4 is 0 Å². The van der Waals surface area contributed by atoms with E-state index in [4.69, 9.17) is 11.6 Å². The van der Waals surface area contributed by atoms with E-state index in [2.05, 4.69) is 14.8 Å². The molecule has 0 rings (SSSR count). The summed E-state index contributed by atoms with van der Waals surface area (Å²) in [5, 5.41) is 4.12. The fourth-order valence-electron chi connectivity index (χ4n) is 0.179.